The number of thioether (sulfide) groups is 2. The van der Waals surface area contributed by atoms with E-state index < -0.39 is 33.7 Å². The third-order valence-electron chi connectivity index (χ3n) is 16.0. The molecule has 12 aliphatic carbocycles. The van der Waals surface area contributed by atoms with Crippen LogP contribution in [0.4, 0.5) is 8.78 Å². The van der Waals surface area contributed by atoms with E-state index in [1.165, 1.54) is 0 Å². The Balaban J connectivity index is 0.873. The lowest BCUT2D eigenvalue weighted by molar-refractivity contribution is -0.208. The zero-order valence-corrected chi connectivity index (χ0v) is 31.6. The van der Waals surface area contributed by atoms with Crippen molar-refractivity contribution in [3.05, 3.63) is 0 Å². The summed E-state index contributed by atoms with van der Waals surface area (Å²) >= 11 is 3.71. The number of hydrogen-bond donors (Lipinski definition) is 0. The van der Waals surface area contributed by atoms with Crippen molar-refractivity contribution in [1.29, 1.82) is 0 Å². The van der Waals surface area contributed by atoms with E-state index in [9.17, 15) is 32.8 Å². The molecule has 0 amide bonds. The summed E-state index contributed by atoms with van der Waals surface area (Å²) in [5.41, 5.74) is -2.66. The Hall–Kier alpha value is -1.69. The second-order valence-corrected chi connectivity index (χ2v) is 22.6. The van der Waals surface area contributed by atoms with Gasteiger partial charge in [-0.3, -0.25) is 19.2 Å². The highest BCUT2D eigenvalue weighted by atomic mass is 32.2. The highest BCUT2D eigenvalue weighted by Gasteiger charge is 2.67. The monoisotopic (exact) mass is 760 g/mol. The second-order valence-electron chi connectivity index (χ2n) is 19.8. The molecule has 0 aromatic carbocycles. The fourth-order valence-corrected chi connectivity index (χ4v) is 18.4. The number of alkyl halides is 2. The largest absolute Gasteiger partial charge is 0.464 e. The number of rotatable bonds is 8. The molecular formula is C40H50F2O8S2. The lowest BCUT2D eigenvalue weighted by atomic mass is 9.49. The van der Waals surface area contributed by atoms with Crippen molar-refractivity contribution in [1.82, 2.24) is 0 Å². The number of carbonyl (C=O) groups excluding carboxylic acids is 5. The summed E-state index contributed by atoms with van der Waals surface area (Å²) in [5.74, 6) is -2.08. The fraction of sp³-hybridized carbons (Fsp3) is 0.875. The van der Waals surface area contributed by atoms with Crippen LogP contribution in [0, 0.1) is 69.5 Å². The van der Waals surface area contributed by atoms with Crippen molar-refractivity contribution in [2.75, 3.05) is 24.7 Å². The Morgan fingerprint density at radius 1 is 0.654 bits per heavy atom. The van der Waals surface area contributed by atoms with Gasteiger partial charge in [-0.1, -0.05) is 0 Å². The first-order valence-corrected chi connectivity index (χ1v) is 21.9. The van der Waals surface area contributed by atoms with Gasteiger partial charge < -0.3 is 14.2 Å². The number of esters is 3. The molecule has 0 aromatic rings. The number of hydrogen-bond acceptors (Lipinski definition) is 10. The topological polar surface area (TPSA) is 113 Å². The van der Waals surface area contributed by atoms with E-state index in [1.54, 1.807) is 0 Å². The van der Waals surface area contributed by atoms with Gasteiger partial charge in [-0.05, 0) is 126 Å². The van der Waals surface area contributed by atoms with Crippen LogP contribution in [-0.4, -0.2) is 69.8 Å². The van der Waals surface area contributed by atoms with E-state index in [2.05, 4.69) is 0 Å². The minimum Gasteiger partial charge on any atom is -0.464 e. The molecule has 12 heteroatoms. The maximum atomic E-state index is 14.1. The molecular weight excluding hydrogens is 711 g/mol. The van der Waals surface area contributed by atoms with Crippen LogP contribution >= 0.6 is 23.5 Å². The summed E-state index contributed by atoms with van der Waals surface area (Å²) in [4.78, 5) is 66.3. The Morgan fingerprint density at radius 3 is 1.50 bits per heavy atom. The van der Waals surface area contributed by atoms with Crippen molar-refractivity contribution in [3.63, 3.8) is 0 Å². The third-order valence-corrected chi connectivity index (χ3v) is 20.5. The summed E-state index contributed by atoms with van der Waals surface area (Å²) in [7, 11) is 0. The molecule has 1 heterocycles. The van der Waals surface area contributed by atoms with Gasteiger partial charge in [0.25, 0.3) is 0 Å². The Morgan fingerprint density at radius 2 is 1.08 bits per heavy atom. The molecule has 0 radical (unpaired) electrons. The van der Waals surface area contributed by atoms with E-state index in [0.717, 1.165) is 51.4 Å². The smallest absolute Gasteiger partial charge is 0.377 e. The van der Waals surface area contributed by atoms with Gasteiger partial charge in [-0.2, -0.15) is 8.78 Å². The summed E-state index contributed by atoms with van der Waals surface area (Å²) in [6, 6.07) is 0. The number of carbonyl (C=O) groups is 5. The van der Waals surface area contributed by atoms with Gasteiger partial charge in [0.05, 0.1) is 20.3 Å². The van der Waals surface area contributed by atoms with Crippen LogP contribution in [0.25, 0.3) is 0 Å². The van der Waals surface area contributed by atoms with E-state index in [4.69, 9.17) is 14.2 Å². The molecule has 13 fully saturated rings. The highest BCUT2D eigenvalue weighted by molar-refractivity contribution is 8.18. The SMILES string of the molecule is CC(F)(F)C(=O)OC12CC3CC(C1)C1(SCC(COC(=O)C45CC6CC(C4)C(=O)C(C6)C5)(COC(=O)C45CC6CC(C4)C(=O)C(C6)C5)CS1)C(C3)C2. The predicted molar refractivity (Wildman–Crippen MR) is 187 cm³/mol. The maximum absolute atomic E-state index is 14.1. The van der Waals surface area contributed by atoms with Gasteiger partial charge in [-0.15, -0.1) is 23.5 Å². The molecule has 0 N–H and O–H groups in total. The molecule has 13 rings (SSSR count). The molecule has 284 valence electrons. The molecule has 13 aliphatic rings. The average Bonchev–Trinajstić information content (AvgIpc) is 3.09. The van der Waals surface area contributed by atoms with Gasteiger partial charge in [0, 0.05) is 42.1 Å². The van der Waals surface area contributed by atoms with E-state index in [0.29, 0.717) is 92.7 Å². The standard InChI is InChI=1S/C40H50F2O8S2/c1-35(41,42)32(45)50-39-10-23-6-28(15-39)40(29(7-23)16-39)51-19-36(20-52-40,17-48-33(46)37-8-21-2-24(11-37)30(43)25(3-21)12-37)18-49-34(47)38-9-22-4-26(13-38)31(44)27(5-22)14-38/h21-29H,2-20H2,1H3. The first-order valence-electron chi connectivity index (χ1n) is 19.9. The summed E-state index contributed by atoms with van der Waals surface area (Å²) in [6.07, 6.45) is 11.2. The summed E-state index contributed by atoms with van der Waals surface area (Å²) in [5, 5.41) is 0. The van der Waals surface area contributed by atoms with E-state index in [1.807, 2.05) is 23.5 Å². The lowest BCUT2D eigenvalue weighted by Gasteiger charge is -2.65. The van der Waals surface area contributed by atoms with Crippen molar-refractivity contribution in [2.45, 2.75) is 119 Å². The van der Waals surface area contributed by atoms with Crippen LogP contribution in [-0.2, 0) is 38.2 Å². The molecule has 6 unspecified atom stereocenters. The number of Topliss-reactive ketones (excluding diaryl/α,β-unsaturated/α-hetero) is 2. The second kappa shape index (κ2) is 11.4. The van der Waals surface area contributed by atoms with Crippen molar-refractivity contribution < 1.29 is 47.0 Å². The van der Waals surface area contributed by atoms with Gasteiger partial charge >= 0.3 is 23.8 Å². The Bertz CT molecular complexity index is 1490. The van der Waals surface area contributed by atoms with Crippen LogP contribution in [0.1, 0.15) is 103 Å². The minimum atomic E-state index is -3.53. The van der Waals surface area contributed by atoms with Crippen LogP contribution in [0.3, 0.4) is 0 Å². The minimum absolute atomic E-state index is 0.0374. The third kappa shape index (κ3) is 5.19. The molecule has 8 nitrogen and oxygen atoms in total. The summed E-state index contributed by atoms with van der Waals surface area (Å²) in [6.45, 7) is 0.875. The molecule has 0 aromatic heterocycles. The predicted octanol–water partition coefficient (Wildman–Crippen LogP) is 6.80. The molecule has 52 heavy (non-hydrogen) atoms. The molecule has 12 saturated carbocycles. The van der Waals surface area contributed by atoms with Gasteiger partial charge in [0.2, 0.25) is 0 Å². The van der Waals surface area contributed by atoms with Crippen molar-refractivity contribution in [2.24, 2.45) is 69.5 Å². The zero-order chi connectivity index (χ0) is 36.1. The number of ketones is 2. The van der Waals surface area contributed by atoms with Crippen molar-refractivity contribution >= 4 is 53.0 Å². The number of halogens is 2. The maximum Gasteiger partial charge on any atom is 0.377 e. The van der Waals surface area contributed by atoms with Crippen LogP contribution in [0.5, 0.6) is 0 Å². The van der Waals surface area contributed by atoms with Gasteiger partial charge in [0.1, 0.15) is 30.4 Å². The zero-order valence-electron chi connectivity index (χ0n) is 30.0. The van der Waals surface area contributed by atoms with Gasteiger partial charge in [0.15, 0.2) is 0 Å². The molecule has 12 bridgehead atoms. The molecule has 1 spiro atoms. The molecule has 1 aliphatic heterocycles. The molecule has 6 atom stereocenters. The van der Waals surface area contributed by atoms with E-state index in [-0.39, 0.29) is 64.7 Å². The van der Waals surface area contributed by atoms with Crippen LogP contribution < -0.4 is 0 Å². The molecule has 1 saturated heterocycles. The quantitative estimate of drug-likeness (QED) is 0.193. The Kier molecular flexibility index (Phi) is 7.65. The highest BCUT2D eigenvalue weighted by Crippen LogP contribution is 2.71. The van der Waals surface area contributed by atoms with Gasteiger partial charge in [-0.25, -0.2) is 4.79 Å². The Labute approximate surface area is 312 Å². The normalized spacial score (nSPS) is 50.6. The fourth-order valence-electron chi connectivity index (χ4n) is 14.3. The van der Waals surface area contributed by atoms with Crippen molar-refractivity contribution in [3.8, 4) is 0 Å². The lowest BCUT2D eigenvalue weighted by Crippen LogP contribution is -2.64. The average molecular weight is 761 g/mol. The van der Waals surface area contributed by atoms with Crippen LogP contribution in [0.15, 0.2) is 0 Å². The first kappa shape index (κ1) is 34.8. The summed E-state index contributed by atoms with van der Waals surface area (Å²) < 4.78 is 46.1. The van der Waals surface area contributed by atoms with E-state index >= 15 is 0 Å². The number of ether oxygens (including phenoxy) is 3. The first-order chi connectivity index (χ1) is 24.6. The van der Waals surface area contributed by atoms with Crippen LogP contribution in [0.2, 0.25) is 0 Å².